The van der Waals surface area contributed by atoms with Crippen LogP contribution in [0.1, 0.15) is 5.56 Å². The summed E-state index contributed by atoms with van der Waals surface area (Å²) in [5.74, 6) is 0.966. The van der Waals surface area contributed by atoms with E-state index >= 15 is 0 Å². The van der Waals surface area contributed by atoms with Crippen LogP contribution in [0.4, 0.5) is 4.39 Å². The van der Waals surface area contributed by atoms with E-state index < -0.39 is 0 Å². The van der Waals surface area contributed by atoms with Gasteiger partial charge in [-0.1, -0.05) is 48.5 Å². The maximum atomic E-state index is 13.5. The van der Waals surface area contributed by atoms with Gasteiger partial charge >= 0.3 is 0 Å². The second-order valence-electron chi connectivity index (χ2n) is 5.58. The van der Waals surface area contributed by atoms with E-state index in [1.54, 1.807) is 6.07 Å². The van der Waals surface area contributed by atoms with Crippen molar-refractivity contribution < 1.29 is 13.9 Å². The monoisotopic (exact) mass is 373 g/mol. The summed E-state index contributed by atoms with van der Waals surface area (Å²) in [6.45, 7) is 1.25. The van der Waals surface area contributed by atoms with E-state index in [0.29, 0.717) is 31.3 Å². The van der Waals surface area contributed by atoms with Crippen molar-refractivity contribution in [2.75, 3.05) is 13.2 Å². The van der Waals surface area contributed by atoms with Crippen LogP contribution in [0.3, 0.4) is 0 Å². The average molecular weight is 374 g/mol. The summed E-state index contributed by atoms with van der Waals surface area (Å²) in [7, 11) is 0. The van der Waals surface area contributed by atoms with Crippen LogP contribution in [-0.4, -0.2) is 13.2 Å². The van der Waals surface area contributed by atoms with E-state index in [2.05, 4.69) is 0 Å². The van der Waals surface area contributed by atoms with Crippen molar-refractivity contribution >= 4 is 12.4 Å². The molecule has 0 heterocycles. The predicted octanol–water partition coefficient (Wildman–Crippen LogP) is 4.83. The lowest BCUT2D eigenvalue weighted by Gasteiger charge is -2.14. The Hall–Kier alpha value is -2.56. The number of halogens is 2. The predicted molar refractivity (Wildman–Crippen MR) is 104 cm³/mol. The van der Waals surface area contributed by atoms with Crippen LogP contribution in [0, 0.1) is 5.82 Å². The third-order valence-corrected chi connectivity index (χ3v) is 3.71. The van der Waals surface area contributed by atoms with Crippen molar-refractivity contribution in [2.45, 2.75) is 6.61 Å². The minimum atomic E-state index is -0.271. The molecule has 0 radical (unpaired) electrons. The summed E-state index contributed by atoms with van der Waals surface area (Å²) < 4.78 is 25.1. The highest BCUT2D eigenvalue weighted by Crippen LogP contribution is 2.33. The second kappa shape index (κ2) is 9.80. The first-order valence-corrected chi connectivity index (χ1v) is 8.16. The molecule has 0 atom stereocenters. The molecule has 3 aromatic rings. The molecule has 3 rings (SSSR count). The topological polar surface area (TPSA) is 44.5 Å². The molecule has 0 spiro atoms. The van der Waals surface area contributed by atoms with Crippen LogP contribution >= 0.6 is 12.4 Å². The molecule has 0 aliphatic rings. The van der Waals surface area contributed by atoms with E-state index in [9.17, 15) is 4.39 Å². The number of hydrogen-bond donors (Lipinski definition) is 1. The minimum absolute atomic E-state index is 0. The quantitative estimate of drug-likeness (QED) is 0.645. The third kappa shape index (κ3) is 5.22. The lowest BCUT2D eigenvalue weighted by Crippen LogP contribution is -2.11. The van der Waals surface area contributed by atoms with Gasteiger partial charge in [0.05, 0.1) is 0 Å². The first-order chi connectivity index (χ1) is 12.3. The van der Waals surface area contributed by atoms with Crippen molar-refractivity contribution in [3.63, 3.8) is 0 Å². The Labute approximate surface area is 159 Å². The molecular formula is C21H21ClFNO2. The number of ether oxygens (including phenoxy) is 2. The summed E-state index contributed by atoms with van der Waals surface area (Å²) in [6, 6.07) is 21.9. The van der Waals surface area contributed by atoms with Gasteiger partial charge in [0.15, 0.2) is 11.5 Å². The molecule has 3 aromatic carbocycles. The Morgan fingerprint density at radius 2 is 1.54 bits per heavy atom. The molecule has 3 nitrogen and oxygen atoms in total. The van der Waals surface area contributed by atoms with Gasteiger partial charge in [0.25, 0.3) is 0 Å². The Kier molecular flexibility index (Phi) is 7.45. The fourth-order valence-corrected chi connectivity index (χ4v) is 2.49. The van der Waals surface area contributed by atoms with Gasteiger partial charge in [0.2, 0.25) is 0 Å². The number of benzene rings is 3. The van der Waals surface area contributed by atoms with Crippen molar-refractivity contribution in [3.8, 4) is 22.6 Å². The van der Waals surface area contributed by atoms with Gasteiger partial charge in [0.1, 0.15) is 19.0 Å². The maximum absolute atomic E-state index is 13.5. The second-order valence-corrected chi connectivity index (χ2v) is 5.58. The molecule has 0 saturated heterocycles. The van der Waals surface area contributed by atoms with Gasteiger partial charge in [0, 0.05) is 6.54 Å². The Morgan fingerprint density at radius 1 is 0.769 bits per heavy atom. The van der Waals surface area contributed by atoms with Gasteiger partial charge in [-0.05, 0) is 41.0 Å². The highest BCUT2D eigenvalue weighted by Gasteiger charge is 2.09. The molecule has 0 aliphatic carbocycles. The molecule has 0 aromatic heterocycles. The zero-order chi connectivity index (χ0) is 17.5. The van der Waals surface area contributed by atoms with E-state index in [4.69, 9.17) is 15.2 Å². The van der Waals surface area contributed by atoms with Gasteiger partial charge in [-0.15, -0.1) is 12.4 Å². The molecule has 0 saturated carbocycles. The van der Waals surface area contributed by atoms with Crippen LogP contribution in [0.5, 0.6) is 11.5 Å². The van der Waals surface area contributed by atoms with Crippen LogP contribution in [0.2, 0.25) is 0 Å². The van der Waals surface area contributed by atoms with E-state index in [0.717, 1.165) is 16.7 Å². The summed E-state index contributed by atoms with van der Waals surface area (Å²) in [6.07, 6.45) is 0. The van der Waals surface area contributed by atoms with Crippen molar-refractivity contribution in [3.05, 3.63) is 84.2 Å². The van der Waals surface area contributed by atoms with Crippen LogP contribution in [-0.2, 0) is 6.61 Å². The first-order valence-electron chi connectivity index (χ1n) is 8.16. The van der Waals surface area contributed by atoms with Crippen molar-refractivity contribution in [2.24, 2.45) is 5.73 Å². The third-order valence-electron chi connectivity index (χ3n) is 3.71. The number of rotatable bonds is 7. The Morgan fingerprint density at radius 3 is 2.27 bits per heavy atom. The highest BCUT2D eigenvalue weighted by molar-refractivity contribution is 5.85. The van der Waals surface area contributed by atoms with Crippen molar-refractivity contribution in [1.29, 1.82) is 0 Å². The molecule has 26 heavy (non-hydrogen) atoms. The maximum Gasteiger partial charge on any atom is 0.162 e. The lowest BCUT2D eigenvalue weighted by atomic mass is 10.1. The Balaban J connectivity index is 0.00000243. The summed E-state index contributed by atoms with van der Waals surface area (Å²) in [4.78, 5) is 0. The molecule has 5 heteroatoms. The van der Waals surface area contributed by atoms with E-state index in [-0.39, 0.29) is 18.2 Å². The molecule has 0 unspecified atom stereocenters. The van der Waals surface area contributed by atoms with E-state index in [1.165, 1.54) is 12.1 Å². The van der Waals surface area contributed by atoms with Crippen LogP contribution < -0.4 is 15.2 Å². The molecule has 0 amide bonds. The van der Waals surface area contributed by atoms with Crippen molar-refractivity contribution in [1.82, 2.24) is 0 Å². The zero-order valence-corrected chi connectivity index (χ0v) is 15.0. The summed E-state index contributed by atoms with van der Waals surface area (Å²) in [5, 5.41) is 0. The summed E-state index contributed by atoms with van der Waals surface area (Å²) in [5.41, 5.74) is 8.23. The fraction of sp³-hybridized carbons (Fsp3) is 0.143. The molecule has 2 N–H and O–H groups in total. The minimum Gasteiger partial charge on any atom is -0.488 e. The fourth-order valence-electron chi connectivity index (χ4n) is 2.49. The van der Waals surface area contributed by atoms with E-state index in [1.807, 2.05) is 54.6 Å². The van der Waals surface area contributed by atoms with Gasteiger partial charge < -0.3 is 15.2 Å². The van der Waals surface area contributed by atoms with Gasteiger partial charge in [-0.3, -0.25) is 0 Å². The average Bonchev–Trinajstić information content (AvgIpc) is 2.66. The van der Waals surface area contributed by atoms with Gasteiger partial charge in [-0.25, -0.2) is 4.39 Å². The normalized spacial score (nSPS) is 10.1. The largest absolute Gasteiger partial charge is 0.488 e. The first kappa shape index (κ1) is 19.8. The summed E-state index contributed by atoms with van der Waals surface area (Å²) >= 11 is 0. The molecule has 0 fully saturated rings. The van der Waals surface area contributed by atoms with Gasteiger partial charge in [-0.2, -0.15) is 0 Å². The lowest BCUT2D eigenvalue weighted by molar-refractivity contribution is 0.266. The molecule has 136 valence electrons. The standard InChI is InChI=1S/C21H20FNO2.ClH/c22-19-8-4-7-17(13-19)18-9-10-20(24-12-11-23)21(14-18)25-15-16-5-2-1-3-6-16;/h1-10,13-14H,11-12,15,23H2;1H. The van der Waals surface area contributed by atoms with Crippen LogP contribution in [0.25, 0.3) is 11.1 Å². The Bertz CT molecular complexity index is 827. The number of nitrogens with two attached hydrogens (primary N) is 1. The highest BCUT2D eigenvalue weighted by atomic mass is 35.5. The molecular weight excluding hydrogens is 353 g/mol. The number of hydrogen-bond acceptors (Lipinski definition) is 3. The zero-order valence-electron chi connectivity index (χ0n) is 14.2. The SMILES string of the molecule is Cl.NCCOc1ccc(-c2cccc(F)c2)cc1OCc1ccccc1. The van der Waals surface area contributed by atoms with Crippen LogP contribution in [0.15, 0.2) is 72.8 Å². The molecule has 0 aliphatic heterocycles. The smallest absolute Gasteiger partial charge is 0.162 e. The molecule has 0 bridgehead atoms.